The molecule has 4 nitrogen and oxygen atoms in total. The van der Waals surface area contributed by atoms with E-state index in [1.165, 1.54) is 38.5 Å². The molecular formula is C16H34CoO4P+2. The molecule has 0 aromatic rings. The van der Waals surface area contributed by atoms with Crippen molar-refractivity contribution in [2.75, 3.05) is 13.2 Å². The molecule has 0 spiro atoms. The quantitative estimate of drug-likeness (QED) is 0.273. The monoisotopic (exact) mass is 380 g/mol. The molecule has 0 aliphatic rings. The van der Waals surface area contributed by atoms with Crippen LogP contribution in [0.4, 0.5) is 0 Å². The summed E-state index contributed by atoms with van der Waals surface area (Å²) in [6, 6.07) is 0. The second kappa shape index (κ2) is 18.0. The molecule has 0 aliphatic carbocycles. The molecule has 0 fully saturated rings. The fourth-order valence-corrected chi connectivity index (χ4v) is 2.93. The number of hydrogen-bond donors (Lipinski definition) is 0. The van der Waals surface area contributed by atoms with Crippen LogP contribution in [0.5, 0.6) is 0 Å². The van der Waals surface area contributed by atoms with Gasteiger partial charge in [0.1, 0.15) is 0 Å². The largest absolute Gasteiger partial charge is 3.00 e. The van der Waals surface area contributed by atoms with E-state index in [4.69, 9.17) is 9.05 Å². The second-order valence-electron chi connectivity index (χ2n) is 5.65. The van der Waals surface area contributed by atoms with Crippen molar-refractivity contribution >= 4 is 7.82 Å². The van der Waals surface area contributed by atoms with Crippen LogP contribution in [0.15, 0.2) is 0 Å². The van der Waals surface area contributed by atoms with Crippen LogP contribution in [-0.2, 0) is 30.4 Å². The molecule has 0 saturated carbocycles. The van der Waals surface area contributed by atoms with Crippen LogP contribution in [0, 0.1) is 0 Å². The van der Waals surface area contributed by atoms with Crippen LogP contribution in [-0.4, -0.2) is 13.2 Å². The minimum Gasteiger partial charge on any atom is -0.756 e. The first-order valence-electron chi connectivity index (χ1n) is 8.72. The first kappa shape index (κ1) is 24.9. The standard InChI is InChI=1S/C16H35O4P.Co/c1-3-5-7-9-11-13-15-19-21(17,18)20-16-14-12-10-8-6-4-2;/h3-16H2,1-2H3,(H,17,18);/q;+3/p-1. The number of phosphoric acid groups is 1. The SMILES string of the molecule is CCCCCCCCOP(=O)([O-])OCCCCCCCC.[Co+3]. The maximum absolute atomic E-state index is 11.5. The molecule has 22 heavy (non-hydrogen) atoms. The Labute approximate surface area is 147 Å². The zero-order chi connectivity index (χ0) is 15.8. The van der Waals surface area contributed by atoms with Gasteiger partial charge in [0.05, 0.1) is 13.2 Å². The van der Waals surface area contributed by atoms with E-state index in [1.807, 2.05) is 0 Å². The van der Waals surface area contributed by atoms with Crippen LogP contribution in [0.3, 0.4) is 0 Å². The van der Waals surface area contributed by atoms with Crippen molar-refractivity contribution < 1.29 is 35.3 Å². The third kappa shape index (κ3) is 18.7. The van der Waals surface area contributed by atoms with Gasteiger partial charge >= 0.3 is 16.8 Å². The predicted molar refractivity (Wildman–Crippen MR) is 86.3 cm³/mol. The maximum atomic E-state index is 11.5. The molecule has 0 atom stereocenters. The molecule has 0 rings (SSSR count). The first-order valence-corrected chi connectivity index (χ1v) is 10.2. The molecule has 0 radical (unpaired) electrons. The molecule has 0 aromatic carbocycles. The Hall–Kier alpha value is 0.616. The van der Waals surface area contributed by atoms with E-state index in [0.29, 0.717) is 0 Å². The Balaban J connectivity index is 0. The van der Waals surface area contributed by atoms with Gasteiger partial charge in [0, 0.05) is 0 Å². The van der Waals surface area contributed by atoms with E-state index in [2.05, 4.69) is 13.8 Å². The van der Waals surface area contributed by atoms with Crippen molar-refractivity contribution in [3.05, 3.63) is 0 Å². The summed E-state index contributed by atoms with van der Waals surface area (Å²) in [5.41, 5.74) is 0. The minimum absolute atomic E-state index is 0. The van der Waals surface area contributed by atoms with Gasteiger partial charge < -0.3 is 13.9 Å². The average Bonchev–Trinajstić information content (AvgIpc) is 2.45. The van der Waals surface area contributed by atoms with Gasteiger partial charge in [-0.1, -0.05) is 78.1 Å². The molecular weight excluding hydrogens is 346 g/mol. The topological polar surface area (TPSA) is 58.6 Å². The van der Waals surface area contributed by atoms with Gasteiger partial charge in [-0.25, -0.2) is 0 Å². The van der Waals surface area contributed by atoms with Gasteiger partial charge in [0.2, 0.25) is 0 Å². The van der Waals surface area contributed by atoms with Crippen LogP contribution in [0.2, 0.25) is 0 Å². The maximum Gasteiger partial charge on any atom is 3.00 e. The van der Waals surface area contributed by atoms with Crippen LogP contribution in [0.25, 0.3) is 0 Å². The minimum atomic E-state index is -4.07. The van der Waals surface area contributed by atoms with Gasteiger partial charge in [0.25, 0.3) is 7.82 Å². The Morgan fingerprint density at radius 2 is 1.00 bits per heavy atom. The van der Waals surface area contributed by atoms with Crippen molar-refractivity contribution in [1.82, 2.24) is 0 Å². The molecule has 0 aromatic heterocycles. The van der Waals surface area contributed by atoms with Crippen molar-refractivity contribution in [2.45, 2.75) is 90.9 Å². The fraction of sp³-hybridized carbons (Fsp3) is 1.00. The summed E-state index contributed by atoms with van der Waals surface area (Å²) in [7, 11) is -4.07. The Morgan fingerprint density at radius 3 is 1.36 bits per heavy atom. The van der Waals surface area contributed by atoms with Gasteiger partial charge in [-0.2, -0.15) is 0 Å². The smallest absolute Gasteiger partial charge is 0.756 e. The Morgan fingerprint density at radius 1 is 0.682 bits per heavy atom. The third-order valence-corrected chi connectivity index (χ3v) is 4.49. The second-order valence-corrected chi connectivity index (χ2v) is 7.06. The van der Waals surface area contributed by atoms with E-state index in [9.17, 15) is 9.46 Å². The third-order valence-electron chi connectivity index (χ3n) is 3.49. The number of hydrogen-bond acceptors (Lipinski definition) is 4. The summed E-state index contributed by atoms with van der Waals surface area (Å²) < 4.78 is 21.2. The van der Waals surface area contributed by atoms with Crippen molar-refractivity contribution in [1.29, 1.82) is 0 Å². The van der Waals surface area contributed by atoms with Crippen molar-refractivity contribution in [3.8, 4) is 0 Å². The summed E-state index contributed by atoms with van der Waals surface area (Å²) in [5, 5.41) is 0. The fourth-order valence-electron chi connectivity index (χ4n) is 2.15. The summed E-state index contributed by atoms with van der Waals surface area (Å²) in [4.78, 5) is 11.5. The molecule has 0 saturated heterocycles. The van der Waals surface area contributed by atoms with Crippen LogP contribution >= 0.6 is 7.82 Å². The molecule has 6 heteroatoms. The molecule has 134 valence electrons. The summed E-state index contributed by atoms with van der Waals surface area (Å²) in [5.74, 6) is 0. The summed E-state index contributed by atoms with van der Waals surface area (Å²) in [6.45, 7) is 4.86. The van der Waals surface area contributed by atoms with Crippen molar-refractivity contribution in [2.24, 2.45) is 0 Å². The number of phosphoric ester groups is 1. The molecule has 0 heterocycles. The molecule has 0 aliphatic heterocycles. The Bertz CT molecular complexity index is 243. The van der Waals surface area contributed by atoms with Gasteiger partial charge in [-0.15, -0.1) is 0 Å². The van der Waals surface area contributed by atoms with Gasteiger partial charge in [0.15, 0.2) is 0 Å². The molecule has 0 N–H and O–H groups in total. The zero-order valence-corrected chi connectivity index (χ0v) is 16.2. The van der Waals surface area contributed by atoms with Gasteiger partial charge in [-0.05, 0) is 12.8 Å². The molecule has 0 amide bonds. The van der Waals surface area contributed by atoms with Crippen LogP contribution < -0.4 is 4.89 Å². The first-order chi connectivity index (χ1) is 10.1. The molecule has 0 bridgehead atoms. The van der Waals surface area contributed by atoms with E-state index in [0.717, 1.165) is 38.5 Å². The normalized spacial score (nSPS) is 11.4. The van der Waals surface area contributed by atoms with E-state index >= 15 is 0 Å². The Kier molecular flexibility index (Phi) is 20.3. The van der Waals surface area contributed by atoms with E-state index in [1.54, 1.807) is 0 Å². The average molecular weight is 380 g/mol. The van der Waals surface area contributed by atoms with Gasteiger partial charge in [-0.3, -0.25) is 4.57 Å². The number of unbranched alkanes of at least 4 members (excludes halogenated alkanes) is 10. The zero-order valence-electron chi connectivity index (χ0n) is 14.3. The predicted octanol–water partition coefficient (Wildman–Crippen LogP) is 5.21. The summed E-state index contributed by atoms with van der Waals surface area (Å²) >= 11 is 0. The van der Waals surface area contributed by atoms with Crippen LogP contribution in [0.1, 0.15) is 90.9 Å². The van der Waals surface area contributed by atoms with Crippen molar-refractivity contribution in [3.63, 3.8) is 0 Å². The molecule has 0 unspecified atom stereocenters. The van der Waals surface area contributed by atoms with E-state index in [-0.39, 0.29) is 30.0 Å². The summed E-state index contributed by atoms with van der Waals surface area (Å²) in [6.07, 6.45) is 13.3. The number of rotatable bonds is 16. The van der Waals surface area contributed by atoms with E-state index < -0.39 is 7.82 Å².